The lowest BCUT2D eigenvalue weighted by Gasteiger charge is -2.07. The molecule has 0 saturated heterocycles. The largest absolute Gasteiger partial charge is 0.446 e. The molecular formula is C15H15FN4O. The number of alkyl halides is 1. The van der Waals surface area contributed by atoms with E-state index in [1.807, 2.05) is 36.9 Å². The van der Waals surface area contributed by atoms with Gasteiger partial charge < -0.3 is 4.74 Å². The first-order valence-electron chi connectivity index (χ1n) is 6.60. The average Bonchev–Trinajstić information content (AvgIpc) is 2.86. The number of rotatable bonds is 4. The smallest absolute Gasteiger partial charge is 0.230 e. The highest BCUT2D eigenvalue weighted by molar-refractivity contribution is 5.79. The Labute approximate surface area is 121 Å². The first-order valence-corrected chi connectivity index (χ1v) is 6.60. The molecule has 0 aliphatic carbocycles. The monoisotopic (exact) mass is 286 g/mol. The van der Waals surface area contributed by atoms with E-state index in [-0.39, 0.29) is 0 Å². The van der Waals surface area contributed by atoms with Crippen LogP contribution in [-0.2, 0) is 6.54 Å². The molecule has 0 radical (unpaired) electrons. The molecule has 6 heteroatoms. The van der Waals surface area contributed by atoms with E-state index in [9.17, 15) is 4.39 Å². The second-order valence-corrected chi connectivity index (χ2v) is 4.87. The highest BCUT2D eigenvalue weighted by Crippen LogP contribution is 2.18. The summed E-state index contributed by atoms with van der Waals surface area (Å²) in [4.78, 5) is 8.38. The maximum atomic E-state index is 12.2. The number of pyridine rings is 2. The molecule has 0 atom stereocenters. The number of hydrogen-bond donors (Lipinski definition) is 0. The molecule has 0 unspecified atom stereocenters. The van der Waals surface area contributed by atoms with E-state index in [1.165, 1.54) is 0 Å². The van der Waals surface area contributed by atoms with E-state index in [0.29, 0.717) is 12.4 Å². The lowest BCUT2D eigenvalue weighted by molar-refractivity contribution is 0.183. The third kappa shape index (κ3) is 2.69. The molecule has 0 N–H and O–H groups in total. The van der Waals surface area contributed by atoms with Gasteiger partial charge in [-0.25, -0.2) is 9.37 Å². The van der Waals surface area contributed by atoms with Gasteiger partial charge in [0.25, 0.3) is 0 Å². The topological polar surface area (TPSA) is 52.8 Å². The molecule has 0 aromatic carbocycles. The zero-order chi connectivity index (χ0) is 14.8. The minimum absolute atomic E-state index is 0.326. The molecule has 0 spiro atoms. The Hall–Kier alpha value is -2.50. The summed E-state index contributed by atoms with van der Waals surface area (Å²) in [6, 6.07) is 3.82. The summed E-state index contributed by atoms with van der Waals surface area (Å²) in [5, 5.41) is 5.56. The van der Waals surface area contributed by atoms with Crippen molar-refractivity contribution in [1.82, 2.24) is 19.7 Å². The van der Waals surface area contributed by atoms with Crippen molar-refractivity contribution >= 4 is 10.9 Å². The maximum absolute atomic E-state index is 12.2. The predicted octanol–water partition coefficient (Wildman–Crippen LogP) is 2.80. The number of aryl methyl sites for hydroxylation is 2. The summed E-state index contributed by atoms with van der Waals surface area (Å²) in [5.41, 5.74) is 3.67. The van der Waals surface area contributed by atoms with Gasteiger partial charge in [-0.3, -0.25) is 9.67 Å². The fraction of sp³-hybridized carbons (Fsp3) is 0.267. The second-order valence-electron chi connectivity index (χ2n) is 4.87. The van der Waals surface area contributed by atoms with Crippen molar-refractivity contribution in [1.29, 1.82) is 0 Å². The van der Waals surface area contributed by atoms with Gasteiger partial charge in [0.15, 0.2) is 0 Å². The van der Waals surface area contributed by atoms with Crippen LogP contribution < -0.4 is 4.74 Å². The zero-order valence-electron chi connectivity index (χ0n) is 11.9. The SMILES string of the molecule is Cc1cc(Cn2cc3c(C)nccc3n2)cnc1OCF. The molecule has 3 heterocycles. The van der Waals surface area contributed by atoms with Gasteiger partial charge in [-0.15, -0.1) is 0 Å². The van der Waals surface area contributed by atoms with Crippen LogP contribution in [0.2, 0.25) is 0 Å². The van der Waals surface area contributed by atoms with E-state index in [1.54, 1.807) is 12.4 Å². The summed E-state index contributed by atoms with van der Waals surface area (Å²) < 4.78 is 18.8. The summed E-state index contributed by atoms with van der Waals surface area (Å²) in [5.74, 6) is 0.326. The highest BCUT2D eigenvalue weighted by atomic mass is 19.1. The Kier molecular flexibility index (Phi) is 3.51. The number of halogens is 1. The summed E-state index contributed by atoms with van der Waals surface area (Å²) in [6.45, 7) is 3.53. The van der Waals surface area contributed by atoms with Crippen LogP contribution in [-0.4, -0.2) is 26.6 Å². The van der Waals surface area contributed by atoms with Crippen LogP contribution in [0, 0.1) is 13.8 Å². The molecule has 0 amide bonds. The molecule has 108 valence electrons. The van der Waals surface area contributed by atoms with E-state index in [2.05, 4.69) is 15.1 Å². The standard InChI is InChI=1S/C15H15FN4O/c1-10-5-12(6-18-15(10)21-9-16)7-20-8-13-11(2)17-4-3-14(13)19-20/h3-6,8H,7,9H2,1-2H3. The van der Waals surface area contributed by atoms with E-state index in [4.69, 9.17) is 4.74 Å². The number of hydrogen-bond acceptors (Lipinski definition) is 4. The van der Waals surface area contributed by atoms with Gasteiger partial charge in [0.05, 0.1) is 12.1 Å². The van der Waals surface area contributed by atoms with Crippen molar-refractivity contribution in [3.8, 4) is 5.88 Å². The van der Waals surface area contributed by atoms with Crippen LogP contribution in [0.15, 0.2) is 30.7 Å². The Balaban J connectivity index is 1.88. The number of fused-ring (bicyclic) bond motifs is 1. The molecule has 0 fully saturated rings. The van der Waals surface area contributed by atoms with Crippen LogP contribution in [0.25, 0.3) is 10.9 Å². The van der Waals surface area contributed by atoms with Crippen molar-refractivity contribution in [3.63, 3.8) is 0 Å². The zero-order valence-corrected chi connectivity index (χ0v) is 11.9. The van der Waals surface area contributed by atoms with E-state index >= 15 is 0 Å². The Morgan fingerprint density at radius 1 is 1.29 bits per heavy atom. The minimum atomic E-state index is -0.871. The molecule has 5 nitrogen and oxygen atoms in total. The quantitative estimate of drug-likeness (QED) is 0.740. The molecular weight excluding hydrogens is 271 g/mol. The maximum Gasteiger partial charge on any atom is 0.230 e. The van der Waals surface area contributed by atoms with Gasteiger partial charge in [0.1, 0.15) is 0 Å². The molecule has 3 rings (SSSR count). The molecule has 0 aliphatic heterocycles. The lowest BCUT2D eigenvalue weighted by Crippen LogP contribution is -2.02. The molecule has 3 aromatic rings. The highest BCUT2D eigenvalue weighted by Gasteiger charge is 2.07. The minimum Gasteiger partial charge on any atom is -0.446 e. The summed E-state index contributed by atoms with van der Waals surface area (Å²) in [6.07, 6.45) is 5.40. The Morgan fingerprint density at radius 2 is 2.14 bits per heavy atom. The number of ether oxygens (including phenoxy) is 1. The number of nitrogens with zero attached hydrogens (tertiary/aromatic N) is 4. The van der Waals surface area contributed by atoms with Gasteiger partial charge >= 0.3 is 0 Å². The molecule has 0 bridgehead atoms. The second kappa shape index (κ2) is 5.47. The fourth-order valence-corrected chi connectivity index (χ4v) is 2.31. The van der Waals surface area contributed by atoms with E-state index in [0.717, 1.165) is 27.7 Å². The molecule has 21 heavy (non-hydrogen) atoms. The van der Waals surface area contributed by atoms with Gasteiger partial charge in [-0.05, 0) is 31.5 Å². The van der Waals surface area contributed by atoms with Gasteiger partial charge in [0, 0.05) is 35.2 Å². The van der Waals surface area contributed by atoms with Crippen molar-refractivity contribution in [2.75, 3.05) is 6.86 Å². The normalized spacial score (nSPS) is 11.0. The van der Waals surface area contributed by atoms with Gasteiger partial charge in [-0.1, -0.05) is 0 Å². The van der Waals surface area contributed by atoms with Crippen LogP contribution in [0.3, 0.4) is 0 Å². The van der Waals surface area contributed by atoms with Crippen LogP contribution >= 0.6 is 0 Å². The van der Waals surface area contributed by atoms with Crippen molar-refractivity contribution in [3.05, 3.63) is 47.5 Å². The van der Waals surface area contributed by atoms with Crippen LogP contribution in [0.4, 0.5) is 4.39 Å². The molecule has 3 aromatic heterocycles. The van der Waals surface area contributed by atoms with Gasteiger partial charge in [-0.2, -0.15) is 5.10 Å². The molecule has 0 saturated carbocycles. The van der Waals surface area contributed by atoms with Gasteiger partial charge in [0.2, 0.25) is 12.7 Å². The third-order valence-electron chi connectivity index (χ3n) is 3.30. The summed E-state index contributed by atoms with van der Waals surface area (Å²) >= 11 is 0. The van der Waals surface area contributed by atoms with E-state index < -0.39 is 6.86 Å². The van der Waals surface area contributed by atoms with Crippen molar-refractivity contribution < 1.29 is 9.13 Å². The van der Waals surface area contributed by atoms with Crippen LogP contribution in [0.1, 0.15) is 16.8 Å². The Morgan fingerprint density at radius 3 is 2.86 bits per heavy atom. The Bertz CT molecular complexity index is 784. The lowest BCUT2D eigenvalue weighted by atomic mass is 10.2. The third-order valence-corrected chi connectivity index (χ3v) is 3.30. The first-order chi connectivity index (χ1) is 10.2. The predicted molar refractivity (Wildman–Crippen MR) is 76.9 cm³/mol. The number of aromatic nitrogens is 4. The fourth-order valence-electron chi connectivity index (χ4n) is 2.31. The van der Waals surface area contributed by atoms with Crippen molar-refractivity contribution in [2.45, 2.75) is 20.4 Å². The average molecular weight is 286 g/mol. The van der Waals surface area contributed by atoms with Crippen LogP contribution in [0.5, 0.6) is 5.88 Å². The summed E-state index contributed by atoms with van der Waals surface area (Å²) in [7, 11) is 0. The first kappa shape index (κ1) is 13.5. The van der Waals surface area contributed by atoms with Crippen molar-refractivity contribution in [2.24, 2.45) is 0 Å². The molecule has 0 aliphatic rings.